The van der Waals surface area contributed by atoms with E-state index in [0.717, 1.165) is 0 Å². The summed E-state index contributed by atoms with van der Waals surface area (Å²) in [5.41, 5.74) is 0. The van der Waals surface area contributed by atoms with Crippen LogP contribution in [-0.2, 0) is 9.53 Å². The van der Waals surface area contributed by atoms with Gasteiger partial charge in [-0.15, -0.1) is 0 Å². The second-order valence-corrected chi connectivity index (χ2v) is 3.25. The summed E-state index contributed by atoms with van der Waals surface area (Å²) in [6.07, 6.45) is 0. The van der Waals surface area contributed by atoms with Crippen LogP contribution in [0, 0.1) is 0 Å². The van der Waals surface area contributed by atoms with Gasteiger partial charge in [0.05, 0.1) is 19.3 Å². The highest BCUT2D eigenvalue weighted by Gasteiger charge is 2.29. The summed E-state index contributed by atoms with van der Waals surface area (Å²) in [6, 6.07) is -0.0233. The number of amides is 1. The third-order valence-corrected chi connectivity index (χ3v) is 1.98. The molecule has 1 aliphatic rings. The largest absolute Gasteiger partial charge is 0.394 e. The first-order valence-electron chi connectivity index (χ1n) is 4.16. The second kappa shape index (κ2) is 3.87. The minimum absolute atomic E-state index is 0.0239. The number of aliphatic hydroxyl groups is 1. The summed E-state index contributed by atoms with van der Waals surface area (Å²) in [6.45, 7) is 4.44. The minimum Gasteiger partial charge on any atom is -0.394 e. The molecule has 1 fully saturated rings. The minimum atomic E-state index is -0.161. The summed E-state index contributed by atoms with van der Waals surface area (Å²) >= 11 is 0. The van der Waals surface area contributed by atoms with Crippen LogP contribution in [0.25, 0.3) is 0 Å². The number of hydrogen-bond donors (Lipinski definition) is 1. The van der Waals surface area contributed by atoms with E-state index >= 15 is 0 Å². The second-order valence-electron chi connectivity index (χ2n) is 3.25. The molecule has 0 aromatic carbocycles. The number of rotatable bonds is 2. The van der Waals surface area contributed by atoms with Crippen molar-refractivity contribution in [1.82, 2.24) is 4.90 Å². The quantitative estimate of drug-likeness (QED) is 0.619. The van der Waals surface area contributed by atoms with Gasteiger partial charge in [-0.05, 0) is 13.8 Å². The fourth-order valence-corrected chi connectivity index (χ4v) is 1.49. The maximum absolute atomic E-state index is 11.3. The Balaban J connectivity index is 2.66. The summed E-state index contributed by atoms with van der Waals surface area (Å²) in [5.74, 6) is -0.0321. The van der Waals surface area contributed by atoms with E-state index in [-0.39, 0.29) is 31.2 Å². The topological polar surface area (TPSA) is 49.8 Å². The standard InChI is InChI=1S/C8H15NO3/c1-6(2)9-7(3-10)4-12-5-8(9)11/h6-7,10H,3-5H2,1-2H3. The van der Waals surface area contributed by atoms with Gasteiger partial charge in [0, 0.05) is 6.04 Å². The average molecular weight is 173 g/mol. The van der Waals surface area contributed by atoms with Gasteiger partial charge < -0.3 is 14.7 Å². The summed E-state index contributed by atoms with van der Waals surface area (Å²) in [7, 11) is 0. The first-order chi connectivity index (χ1) is 5.66. The van der Waals surface area contributed by atoms with E-state index in [1.54, 1.807) is 4.90 Å². The van der Waals surface area contributed by atoms with E-state index in [0.29, 0.717) is 6.61 Å². The predicted octanol–water partition coefficient (Wildman–Crippen LogP) is -0.386. The molecule has 1 rings (SSSR count). The molecular weight excluding hydrogens is 158 g/mol. The summed E-state index contributed by atoms with van der Waals surface area (Å²) in [4.78, 5) is 13.0. The Labute approximate surface area is 72.1 Å². The van der Waals surface area contributed by atoms with Gasteiger partial charge in [-0.2, -0.15) is 0 Å². The van der Waals surface area contributed by atoms with E-state index in [2.05, 4.69) is 0 Å². The molecule has 0 aliphatic carbocycles. The number of ether oxygens (including phenoxy) is 1. The number of aliphatic hydroxyl groups excluding tert-OH is 1. The lowest BCUT2D eigenvalue weighted by Crippen LogP contribution is -2.54. The molecule has 4 nitrogen and oxygen atoms in total. The van der Waals surface area contributed by atoms with Crippen molar-refractivity contribution in [2.75, 3.05) is 19.8 Å². The van der Waals surface area contributed by atoms with Crippen LogP contribution in [0.5, 0.6) is 0 Å². The number of carbonyl (C=O) groups is 1. The van der Waals surface area contributed by atoms with E-state index in [4.69, 9.17) is 9.84 Å². The molecule has 1 saturated heterocycles. The van der Waals surface area contributed by atoms with Gasteiger partial charge in [0.25, 0.3) is 0 Å². The Morgan fingerprint density at radius 3 is 2.83 bits per heavy atom. The molecule has 1 N–H and O–H groups in total. The zero-order valence-electron chi connectivity index (χ0n) is 7.49. The van der Waals surface area contributed by atoms with Crippen LogP contribution in [0.15, 0.2) is 0 Å². The average Bonchev–Trinajstić information content (AvgIpc) is 2.03. The fraction of sp³-hybridized carbons (Fsp3) is 0.875. The zero-order valence-corrected chi connectivity index (χ0v) is 7.49. The van der Waals surface area contributed by atoms with Gasteiger partial charge in [0.1, 0.15) is 6.61 Å². The molecular formula is C8H15NO3. The zero-order chi connectivity index (χ0) is 9.14. The van der Waals surface area contributed by atoms with Crippen LogP contribution < -0.4 is 0 Å². The molecule has 1 aliphatic heterocycles. The van der Waals surface area contributed by atoms with Crippen LogP contribution in [0.3, 0.4) is 0 Å². The fourth-order valence-electron chi connectivity index (χ4n) is 1.49. The Hall–Kier alpha value is -0.610. The van der Waals surface area contributed by atoms with Crippen molar-refractivity contribution in [2.45, 2.75) is 25.9 Å². The van der Waals surface area contributed by atoms with Crippen molar-refractivity contribution in [3.63, 3.8) is 0 Å². The molecule has 0 saturated carbocycles. The van der Waals surface area contributed by atoms with Crippen LogP contribution >= 0.6 is 0 Å². The SMILES string of the molecule is CC(C)N1C(=O)COCC1CO. The van der Waals surface area contributed by atoms with E-state index in [1.165, 1.54) is 0 Å². The van der Waals surface area contributed by atoms with Gasteiger partial charge in [0.2, 0.25) is 5.91 Å². The van der Waals surface area contributed by atoms with Gasteiger partial charge >= 0.3 is 0 Å². The summed E-state index contributed by atoms with van der Waals surface area (Å²) in [5, 5.41) is 8.95. The first-order valence-corrected chi connectivity index (χ1v) is 4.16. The molecule has 0 aromatic heterocycles. The maximum atomic E-state index is 11.3. The number of carbonyl (C=O) groups excluding carboxylic acids is 1. The highest BCUT2D eigenvalue weighted by atomic mass is 16.5. The smallest absolute Gasteiger partial charge is 0.249 e. The van der Waals surface area contributed by atoms with Crippen molar-refractivity contribution in [3.05, 3.63) is 0 Å². The third-order valence-electron chi connectivity index (χ3n) is 1.98. The maximum Gasteiger partial charge on any atom is 0.249 e. The molecule has 0 spiro atoms. The Kier molecular flexibility index (Phi) is 3.05. The number of nitrogens with zero attached hydrogens (tertiary/aromatic N) is 1. The molecule has 0 bridgehead atoms. The van der Waals surface area contributed by atoms with E-state index in [9.17, 15) is 4.79 Å². The van der Waals surface area contributed by atoms with Crippen molar-refractivity contribution in [1.29, 1.82) is 0 Å². The van der Waals surface area contributed by atoms with Crippen molar-refractivity contribution in [3.8, 4) is 0 Å². The third kappa shape index (κ3) is 1.76. The predicted molar refractivity (Wildman–Crippen MR) is 43.7 cm³/mol. The molecule has 12 heavy (non-hydrogen) atoms. The Bertz CT molecular complexity index is 170. The van der Waals surface area contributed by atoms with Gasteiger partial charge in [-0.3, -0.25) is 4.79 Å². The lowest BCUT2D eigenvalue weighted by molar-refractivity contribution is -0.152. The van der Waals surface area contributed by atoms with Gasteiger partial charge in [0.15, 0.2) is 0 Å². The molecule has 1 atom stereocenters. The molecule has 0 radical (unpaired) electrons. The van der Waals surface area contributed by atoms with Crippen LogP contribution in [-0.4, -0.2) is 47.8 Å². The lowest BCUT2D eigenvalue weighted by Gasteiger charge is -2.37. The molecule has 1 heterocycles. The van der Waals surface area contributed by atoms with E-state index in [1.807, 2.05) is 13.8 Å². The van der Waals surface area contributed by atoms with E-state index < -0.39 is 0 Å². The first kappa shape index (κ1) is 9.48. The van der Waals surface area contributed by atoms with Gasteiger partial charge in [-0.1, -0.05) is 0 Å². The highest BCUT2D eigenvalue weighted by molar-refractivity contribution is 5.78. The van der Waals surface area contributed by atoms with Crippen LogP contribution in [0.1, 0.15) is 13.8 Å². The number of hydrogen-bond acceptors (Lipinski definition) is 3. The van der Waals surface area contributed by atoms with Crippen LogP contribution in [0.4, 0.5) is 0 Å². The highest BCUT2D eigenvalue weighted by Crippen LogP contribution is 2.11. The Morgan fingerprint density at radius 2 is 2.42 bits per heavy atom. The molecule has 70 valence electrons. The molecule has 4 heteroatoms. The molecule has 0 aromatic rings. The van der Waals surface area contributed by atoms with Crippen molar-refractivity contribution < 1.29 is 14.6 Å². The Morgan fingerprint density at radius 1 is 1.75 bits per heavy atom. The van der Waals surface area contributed by atoms with Crippen LogP contribution in [0.2, 0.25) is 0 Å². The number of morpholine rings is 1. The monoisotopic (exact) mass is 173 g/mol. The van der Waals surface area contributed by atoms with Crippen molar-refractivity contribution >= 4 is 5.91 Å². The molecule has 1 unspecified atom stereocenters. The summed E-state index contributed by atoms with van der Waals surface area (Å²) < 4.78 is 5.01. The van der Waals surface area contributed by atoms with Crippen molar-refractivity contribution in [2.24, 2.45) is 0 Å². The van der Waals surface area contributed by atoms with Gasteiger partial charge in [-0.25, -0.2) is 0 Å². The molecule has 1 amide bonds. The normalized spacial score (nSPS) is 25.2. The lowest BCUT2D eigenvalue weighted by atomic mass is 10.2.